The second kappa shape index (κ2) is 10.0. The predicted molar refractivity (Wildman–Crippen MR) is 70.0 cm³/mol. The third kappa shape index (κ3) is 7.17. The molecule has 3 N–H and O–H groups in total. The van der Waals surface area contributed by atoms with Crippen LogP contribution in [0.25, 0.3) is 0 Å². The second-order valence-electron chi connectivity index (χ2n) is 4.45. The molecule has 0 saturated carbocycles. The van der Waals surface area contributed by atoms with Gasteiger partial charge < -0.3 is 20.9 Å². The van der Waals surface area contributed by atoms with Crippen LogP contribution in [0.15, 0.2) is 0 Å². The molecule has 2 heterocycles. The first-order valence-electron chi connectivity index (χ1n) is 6.78. The summed E-state index contributed by atoms with van der Waals surface area (Å²) < 4.78 is 0. The zero-order valence-electron chi connectivity index (χ0n) is 10.7. The second-order valence-corrected chi connectivity index (χ2v) is 4.45. The summed E-state index contributed by atoms with van der Waals surface area (Å²) in [6, 6.07) is 0. The van der Waals surface area contributed by atoms with Gasteiger partial charge in [0.1, 0.15) is 0 Å². The third-order valence-corrected chi connectivity index (χ3v) is 2.99. The minimum atomic E-state index is 1.14. The first-order chi connectivity index (χ1) is 7.93. The van der Waals surface area contributed by atoms with Crippen LogP contribution in [-0.4, -0.2) is 63.8 Å². The van der Waals surface area contributed by atoms with Gasteiger partial charge in [-0.3, -0.25) is 0 Å². The lowest BCUT2D eigenvalue weighted by Gasteiger charge is -2.26. The Morgan fingerprint density at radius 1 is 0.812 bits per heavy atom. The lowest BCUT2D eigenvalue weighted by atomic mass is 10.3. The van der Waals surface area contributed by atoms with Crippen molar-refractivity contribution in [3.05, 3.63) is 0 Å². The van der Waals surface area contributed by atoms with Crippen LogP contribution in [0.4, 0.5) is 0 Å². The highest BCUT2D eigenvalue weighted by Gasteiger charge is 2.06. The summed E-state index contributed by atoms with van der Waals surface area (Å²) in [6.07, 6.45) is 2.68. The average molecular weight is 228 g/mol. The smallest absolute Gasteiger partial charge is 0.0107 e. The van der Waals surface area contributed by atoms with Gasteiger partial charge in [-0.05, 0) is 13.0 Å². The number of nitrogens with zero attached hydrogens (tertiary/aromatic N) is 1. The number of unbranched alkanes of at least 4 members (excludes halogenated alkanes) is 1. The van der Waals surface area contributed by atoms with E-state index in [1.165, 1.54) is 45.6 Å². The molecule has 0 unspecified atom stereocenters. The monoisotopic (exact) mass is 228 g/mol. The van der Waals surface area contributed by atoms with Gasteiger partial charge in [-0.1, -0.05) is 13.3 Å². The van der Waals surface area contributed by atoms with E-state index in [0.717, 1.165) is 26.2 Å². The molecule has 2 fully saturated rings. The quantitative estimate of drug-likeness (QED) is 0.629. The van der Waals surface area contributed by atoms with E-state index in [9.17, 15) is 0 Å². The maximum atomic E-state index is 3.35. The van der Waals surface area contributed by atoms with Crippen molar-refractivity contribution in [1.82, 2.24) is 20.9 Å². The van der Waals surface area contributed by atoms with Crippen molar-refractivity contribution in [2.45, 2.75) is 19.8 Å². The summed E-state index contributed by atoms with van der Waals surface area (Å²) in [7, 11) is 0. The molecule has 0 bridgehead atoms. The molecule has 0 aliphatic carbocycles. The van der Waals surface area contributed by atoms with Gasteiger partial charge in [-0.15, -0.1) is 0 Å². The number of hydrogen-bond acceptors (Lipinski definition) is 4. The number of rotatable bonds is 3. The zero-order valence-corrected chi connectivity index (χ0v) is 10.7. The Hall–Kier alpha value is -0.160. The Morgan fingerprint density at radius 2 is 1.31 bits per heavy atom. The Bertz CT molecular complexity index is 130. The molecule has 0 radical (unpaired) electrons. The lowest BCUT2D eigenvalue weighted by Crippen LogP contribution is -2.43. The van der Waals surface area contributed by atoms with Crippen molar-refractivity contribution in [3.8, 4) is 0 Å². The molecule has 4 heteroatoms. The standard InChI is InChI=1S/C8H18N2.C4H10N2/c1-2-3-6-10-7-4-9-5-8-10;1-2-6-4-3-5-1/h9H,2-8H2,1H3;5-6H,1-4H2. The van der Waals surface area contributed by atoms with Gasteiger partial charge in [-0.2, -0.15) is 0 Å². The molecule has 0 aromatic rings. The summed E-state index contributed by atoms with van der Waals surface area (Å²) in [6.45, 7) is 13.0. The highest BCUT2D eigenvalue weighted by atomic mass is 15.2. The van der Waals surface area contributed by atoms with Crippen LogP contribution in [0, 0.1) is 0 Å². The highest BCUT2D eigenvalue weighted by Crippen LogP contribution is 1.95. The molecule has 2 aliphatic heterocycles. The molecule has 4 nitrogen and oxygen atoms in total. The molecular formula is C12H28N4. The van der Waals surface area contributed by atoms with Crippen LogP contribution in [0.5, 0.6) is 0 Å². The number of nitrogens with one attached hydrogen (secondary N) is 3. The Morgan fingerprint density at radius 3 is 1.75 bits per heavy atom. The van der Waals surface area contributed by atoms with Gasteiger partial charge in [0.05, 0.1) is 0 Å². The summed E-state index contributed by atoms with van der Waals surface area (Å²) in [4.78, 5) is 2.54. The molecule has 16 heavy (non-hydrogen) atoms. The van der Waals surface area contributed by atoms with Gasteiger partial charge in [0, 0.05) is 52.4 Å². The molecule has 0 atom stereocenters. The van der Waals surface area contributed by atoms with Crippen LogP contribution in [-0.2, 0) is 0 Å². The molecule has 0 aromatic heterocycles. The minimum Gasteiger partial charge on any atom is -0.314 e. The third-order valence-electron chi connectivity index (χ3n) is 2.99. The van der Waals surface area contributed by atoms with Gasteiger partial charge >= 0.3 is 0 Å². The van der Waals surface area contributed by atoms with E-state index in [4.69, 9.17) is 0 Å². The SMILES string of the molecule is C1CNCCN1.CCCCN1CCNCC1. The van der Waals surface area contributed by atoms with Crippen molar-refractivity contribution in [2.24, 2.45) is 0 Å². The molecule has 0 spiro atoms. The average Bonchev–Trinajstić information content (AvgIpc) is 2.40. The van der Waals surface area contributed by atoms with E-state index in [1.54, 1.807) is 0 Å². The fraction of sp³-hybridized carbons (Fsp3) is 1.00. The first kappa shape index (κ1) is 13.9. The van der Waals surface area contributed by atoms with E-state index in [2.05, 4.69) is 27.8 Å². The van der Waals surface area contributed by atoms with Crippen molar-refractivity contribution < 1.29 is 0 Å². The molecule has 2 rings (SSSR count). The molecule has 0 amide bonds. The maximum Gasteiger partial charge on any atom is 0.0107 e. The molecule has 0 aromatic carbocycles. The highest BCUT2D eigenvalue weighted by molar-refractivity contribution is 4.66. The Kier molecular flexibility index (Phi) is 8.71. The first-order valence-corrected chi connectivity index (χ1v) is 6.78. The topological polar surface area (TPSA) is 39.3 Å². The number of hydrogen-bond donors (Lipinski definition) is 3. The normalized spacial score (nSPS) is 22.3. The maximum absolute atomic E-state index is 3.35. The lowest BCUT2D eigenvalue weighted by molar-refractivity contribution is 0.238. The van der Waals surface area contributed by atoms with Crippen LogP contribution in [0.3, 0.4) is 0 Å². The van der Waals surface area contributed by atoms with Gasteiger partial charge in [0.25, 0.3) is 0 Å². The van der Waals surface area contributed by atoms with Gasteiger partial charge in [0.2, 0.25) is 0 Å². The fourth-order valence-corrected chi connectivity index (χ4v) is 1.92. The minimum absolute atomic E-state index is 1.14. The molecule has 2 saturated heterocycles. The fourth-order valence-electron chi connectivity index (χ4n) is 1.92. The summed E-state index contributed by atoms with van der Waals surface area (Å²) in [5.74, 6) is 0. The molecular weight excluding hydrogens is 200 g/mol. The van der Waals surface area contributed by atoms with E-state index in [-0.39, 0.29) is 0 Å². The van der Waals surface area contributed by atoms with Crippen LogP contribution >= 0.6 is 0 Å². The van der Waals surface area contributed by atoms with Crippen molar-refractivity contribution in [1.29, 1.82) is 0 Å². The van der Waals surface area contributed by atoms with Gasteiger partial charge in [-0.25, -0.2) is 0 Å². The van der Waals surface area contributed by atoms with Crippen molar-refractivity contribution in [3.63, 3.8) is 0 Å². The van der Waals surface area contributed by atoms with Crippen LogP contribution < -0.4 is 16.0 Å². The number of piperazine rings is 2. The van der Waals surface area contributed by atoms with E-state index >= 15 is 0 Å². The van der Waals surface area contributed by atoms with E-state index in [1.807, 2.05) is 0 Å². The molecule has 96 valence electrons. The largest absolute Gasteiger partial charge is 0.314 e. The predicted octanol–water partition coefficient (Wildman–Crippen LogP) is -0.129. The van der Waals surface area contributed by atoms with Crippen LogP contribution in [0.1, 0.15) is 19.8 Å². The zero-order chi connectivity index (χ0) is 11.5. The summed E-state index contributed by atoms with van der Waals surface area (Å²) in [5, 5.41) is 9.79. The molecule has 2 aliphatic rings. The summed E-state index contributed by atoms with van der Waals surface area (Å²) in [5.41, 5.74) is 0. The Balaban J connectivity index is 0.000000181. The van der Waals surface area contributed by atoms with Crippen molar-refractivity contribution in [2.75, 3.05) is 58.9 Å². The van der Waals surface area contributed by atoms with Gasteiger partial charge in [0.15, 0.2) is 0 Å². The van der Waals surface area contributed by atoms with Crippen LogP contribution in [0.2, 0.25) is 0 Å². The van der Waals surface area contributed by atoms with E-state index < -0.39 is 0 Å². The van der Waals surface area contributed by atoms with Crippen molar-refractivity contribution >= 4 is 0 Å². The summed E-state index contributed by atoms with van der Waals surface area (Å²) >= 11 is 0. The van der Waals surface area contributed by atoms with E-state index in [0.29, 0.717) is 0 Å². The Labute approximate surface area is 100 Å².